The number of hydrogen-bond donors (Lipinski definition) is 1. The lowest BCUT2D eigenvalue weighted by Gasteiger charge is -2.12. The smallest absolute Gasteiger partial charge is 0.198 e. The van der Waals surface area contributed by atoms with Crippen LogP contribution < -0.4 is 10.1 Å². The Morgan fingerprint density at radius 3 is 2.29 bits per heavy atom. The molecule has 0 unspecified atom stereocenters. The minimum atomic E-state index is -0.786. The van der Waals surface area contributed by atoms with E-state index in [4.69, 9.17) is 4.74 Å². The topological polar surface area (TPSA) is 21.3 Å². The number of aryl methyl sites for hydroxylation is 1. The van der Waals surface area contributed by atoms with E-state index in [1.165, 1.54) is 30.3 Å². The normalized spacial score (nSPS) is 10.7. The second-order valence-corrected chi connectivity index (χ2v) is 4.68. The van der Waals surface area contributed by atoms with Gasteiger partial charge >= 0.3 is 0 Å². The van der Waals surface area contributed by atoms with E-state index < -0.39 is 23.2 Å². The van der Waals surface area contributed by atoms with Crippen LogP contribution in [0.5, 0.6) is 11.5 Å². The monoisotopic (exact) mass is 295 g/mol. The van der Waals surface area contributed by atoms with Crippen LogP contribution in [-0.2, 0) is 6.54 Å². The first-order chi connectivity index (χ1) is 10.0. The third kappa shape index (κ3) is 3.76. The molecule has 0 fully saturated rings. The van der Waals surface area contributed by atoms with E-state index in [0.717, 1.165) is 0 Å². The van der Waals surface area contributed by atoms with Crippen LogP contribution in [0.2, 0.25) is 0 Å². The van der Waals surface area contributed by atoms with Crippen molar-refractivity contribution in [1.29, 1.82) is 0 Å². The van der Waals surface area contributed by atoms with Crippen molar-refractivity contribution in [2.45, 2.75) is 20.4 Å². The molecule has 0 saturated heterocycles. The summed E-state index contributed by atoms with van der Waals surface area (Å²) in [4.78, 5) is 0. The Kier molecular flexibility index (Phi) is 4.85. The molecule has 0 aliphatic heterocycles. The van der Waals surface area contributed by atoms with Crippen LogP contribution >= 0.6 is 0 Å². The zero-order valence-corrected chi connectivity index (χ0v) is 11.8. The Labute approximate surface area is 121 Å². The van der Waals surface area contributed by atoms with Crippen LogP contribution in [0.25, 0.3) is 0 Å². The molecule has 0 aromatic heterocycles. The van der Waals surface area contributed by atoms with Crippen molar-refractivity contribution in [1.82, 2.24) is 5.32 Å². The molecule has 0 heterocycles. The lowest BCUT2D eigenvalue weighted by Crippen LogP contribution is -2.12. The molecule has 2 aromatic rings. The molecular weight excluding hydrogens is 279 g/mol. The quantitative estimate of drug-likeness (QED) is 0.887. The highest BCUT2D eigenvalue weighted by Gasteiger charge is 2.15. The SMILES string of the molecule is CCNCc1cc(F)c(Oc2ccc(F)cc2C)c(F)c1. The fourth-order valence-corrected chi connectivity index (χ4v) is 1.92. The van der Waals surface area contributed by atoms with E-state index in [-0.39, 0.29) is 5.75 Å². The van der Waals surface area contributed by atoms with Gasteiger partial charge in [0.05, 0.1) is 0 Å². The lowest BCUT2D eigenvalue weighted by atomic mass is 10.2. The first-order valence-corrected chi connectivity index (χ1v) is 6.64. The molecule has 0 amide bonds. The predicted molar refractivity (Wildman–Crippen MR) is 74.9 cm³/mol. The first kappa shape index (κ1) is 15.4. The van der Waals surface area contributed by atoms with Gasteiger partial charge in [0, 0.05) is 6.54 Å². The molecule has 0 radical (unpaired) electrons. The van der Waals surface area contributed by atoms with Crippen LogP contribution in [0.4, 0.5) is 13.2 Å². The number of rotatable bonds is 5. The van der Waals surface area contributed by atoms with Gasteiger partial charge in [-0.3, -0.25) is 0 Å². The number of nitrogens with one attached hydrogen (secondary N) is 1. The minimum absolute atomic E-state index is 0.216. The van der Waals surface area contributed by atoms with Crippen molar-refractivity contribution >= 4 is 0 Å². The first-order valence-electron chi connectivity index (χ1n) is 6.64. The highest BCUT2D eigenvalue weighted by Crippen LogP contribution is 2.30. The van der Waals surface area contributed by atoms with Gasteiger partial charge in [-0.05, 0) is 54.9 Å². The largest absolute Gasteiger partial charge is 0.451 e. The van der Waals surface area contributed by atoms with Crippen molar-refractivity contribution in [3.63, 3.8) is 0 Å². The minimum Gasteiger partial charge on any atom is -0.451 e. The van der Waals surface area contributed by atoms with Gasteiger partial charge in [-0.15, -0.1) is 0 Å². The number of halogens is 3. The summed E-state index contributed by atoms with van der Waals surface area (Å²) in [5.41, 5.74) is 0.959. The number of benzene rings is 2. The molecule has 1 N–H and O–H groups in total. The summed E-state index contributed by atoms with van der Waals surface area (Å²) in [6.07, 6.45) is 0. The Bertz CT molecular complexity index is 620. The maximum atomic E-state index is 14.0. The second-order valence-electron chi connectivity index (χ2n) is 4.68. The third-order valence-electron chi connectivity index (χ3n) is 2.99. The maximum absolute atomic E-state index is 14.0. The van der Waals surface area contributed by atoms with E-state index in [9.17, 15) is 13.2 Å². The van der Waals surface area contributed by atoms with Gasteiger partial charge in [0.15, 0.2) is 17.4 Å². The van der Waals surface area contributed by atoms with Gasteiger partial charge in [-0.25, -0.2) is 13.2 Å². The molecule has 0 spiro atoms. The zero-order chi connectivity index (χ0) is 15.4. The number of hydrogen-bond acceptors (Lipinski definition) is 2. The molecule has 2 nitrogen and oxygen atoms in total. The Morgan fingerprint density at radius 1 is 1.05 bits per heavy atom. The summed E-state index contributed by atoms with van der Waals surface area (Å²) < 4.78 is 46.2. The molecule has 112 valence electrons. The average Bonchev–Trinajstić information content (AvgIpc) is 2.42. The third-order valence-corrected chi connectivity index (χ3v) is 2.99. The summed E-state index contributed by atoms with van der Waals surface area (Å²) in [6, 6.07) is 6.21. The van der Waals surface area contributed by atoms with Crippen LogP contribution in [0.1, 0.15) is 18.1 Å². The van der Waals surface area contributed by atoms with Gasteiger partial charge in [-0.1, -0.05) is 6.92 Å². The maximum Gasteiger partial charge on any atom is 0.198 e. The van der Waals surface area contributed by atoms with Crippen LogP contribution in [0, 0.1) is 24.4 Å². The van der Waals surface area contributed by atoms with E-state index in [0.29, 0.717) is 24.2 Å². The van der Waals surface area contributed by atoms with E-state index >= 15 is 0 Å². The van der Waals surface area contributed by atoms with Crippen molar-refractivity contribution in [3.8, 4) is 11.5 Å². The summed E-state index contributed by atoms with van der Waals surface area (Å²) in [6.45, 7) is 4.59. The molecule has 0 atom stereocenters. The Morgan fingerprint density at radius 2 is 1.71 bits per heavy atom. The molecule has 0 bridgehead atoms. The van der Waals surface area contributed by atoms with Crippen molar-refractivity contribution in [2.75, 3.05) is 6.54 Å². The molecular formula is C16H16F3NO. The van der Waals surface area contributed by atoms with E-state index in [1.807, 2.05) is 6.92 Å². The second kappa shape index (κ2) is 6.63. The molecule has 0 aliphatic rings. The molecule has 5 heteroatoms. The van der Waals surface area contributed by atoms with Crippen molar-refractivity contribution < 1.29 is 17.9 Å². The van der Waals surface area contributed by atoms with Gasteiger partial charge in [-0.2, -0.15) is 0 Å². The molecule has 21 heavy (non-hydrogen) atoms. The van der Waals surface area contributed by atoms with Gasteiger partial charge < -0.3 is 10.1 Å². The summed E-state index contributed by atoms with van der Waals surface area (Å²) in [7, 11) is 0. The van der Waals surface area contributed by atoms with Crippen LogP contribution in [0.3, 0.4) is 0 Å². The molecule has 0 aliphatic carbocycles. The average molecular weight is 295 g/mol. The van der Waals surface area contributed by atoms with Gasteiger partial charge in [0.25, 0.3) is 0 Å². The van der Waals surface area contributed by atoms with E-state index in [1.54, 1.807) is 6.92 Å². The fraction of sp³-hybridized carbons (Fsp3) is 0.250. The Hall–Kier alpha value is -2.01. The van der Waals surface area contributed by atoms with Gasteiger partial charge in [0.1, 0.15) is 11.6 Å². The van der Waals surface area contributed by atoms with Crippen LogP contribution in [0.15, 0.2) is 30.3 Å². The fourth-order valence-electron chi connectivity index (χ4n) is 1.92. The van der Waals surface area contributed by atoms with Crippen molar-refractivity contribution in [2.24, 2.45) is 0 Å². The summed E-state index contributed by atoms with van der Waals surface area (Å²) in [5.74, 6) is -2.27. The highest BCUT2D eigenvalue weighted by molar-refractivity contribution is 5.39. The van der Waals surface area contributed by atoms with Crippen molar-refractivity contribution in [3.05, 3.63) is 58.9 Å². The lowest BCUT2D eigenvalue weighted by molar-refractivity contribution is 0.403. The molecule has 0 saturated carbocycles. The molecule has 2 aromatic carbocycles. The van der Waals surface area contributed by atoms with E-state index in [2.05, 4.69) is 5.32 Å². The molecule has 2 rings (SSSR count). The summed E-state index contributed by atoms with van der Waals surface area (Å²) in [5, 5.41) is 2.99. The van der Waals surface area contributed by atoms with Crippen LogP contribution in [-0.4, -0.2) is 6.54 Å². The highest BCUT2D eigenvalue weighted by atomic mass is 19.1. The zero-order valence-electron chi connectivity index (χ0n) is 11.8. The predicted octanol–water partition coefficient (Wildman–Crippen LogP) is 4.31. The Balaban J connectivity index is 2.27. The standard InChI is InChI=1S/C16H16F3NO/c1-3-20-9-11-7-13(18)16(14(19)8-11)21-15-5-4-12(17)6-10(15)2/h4-8,20H,3,9H2,1-2H3. The summed E-state index contributed by atoms with van der Waals surface area (Å²) >= 11 is 0. The number of ether oxygens (including phenoxy) is 1. The van der Waals surface area contributed by atoms with Gasteiger partial charge in [0.2, 0.25) is 0 Å².